The highest BCUT2D eigenvalue weighted by atomic mass is 32.2. The molecule has 2 rings (SSSR count). The zero-order valence-corrected chi connectivity index (χ0v) is 6.54. The summed E-state index contributed by atoms with van der Waals surface area (Å²) in [5.74, 6) is 0.788. The number of nitrogens with two attached hydrogens (primary N) is 1. The molecule has 9 heavy (non-hydrogen) atoms. The molecule has 0 aromatic carbocycles. The maximum atomic E-state index is 5.60. The summed E-state index contributed by atoms with van der Waals surface area (Å²) in [5.41, 5.74) is 5.60. The zero-order valence-electron chi connectivity index (χ0n) is 4.91. The first-order valence-electron chi connectivity index (χ1n) is 3.02. The van der Waals surface area contributed by atoms with Crippen LogP contribution in [-0.4, -0.2) is 9.75 Å². The Labute approximate surface area is 62.8 Å². The number of nitrogens with zero attached hydrogens (tertiary/aromatic N) is 1. The first-order valence-corrected chi connectivity index (χ1v) is 4.74. The van der Waals surface area contributed by atoms with Gasteiger partial charge in [-0.1, -0.05) is 11.8 Å². The number of rotatable bonds is 1. The Morgan fingerprint density at radius 1 is 1.56 bits per heavy atom. The second kappa shape index (κ2) is 2.18. The summed E-state index contributed by atoms with van der Waals surface area (Å²) >= 11 is 3.23. The van der Waals surface area contributed by atoms with E-state index in [0.29, 0.717) is 0 Å². The van der Waals surface area contributed by atoms with Gasteiger partial charge in [-0.2, -0.15) is 0 Å². The Balaban J connectivity index is 1.98. The molecule has 2 aliphatic rings. The number of thioether (sulfide) groups is 1. The lowest BCUT2D eigenvalue weighted by Crippen LogP contribution is -2.07. The Kier molecular flexibility index (Phi) is 1.47. The second-order valence-electron chi connectivity index (χ2n) is 2.30. The van der Waals surface area contributed by atoms with Crippen molar-refractivity contribution in [2.75, 3.05) is 0 Å². The topological polar surface area (TPSA) is 38.4 Å². The lowest BCUT2D eigenvalue weighted by Gasteiger charge is -1.94. The fourth-order valence-corrected chi connectivity index (χ4v) is 2.69. The molecule has 1 unspecified atom stereocenters. The molecule has 4 heteroatoms. The highest BCUT2D eigenvalue weighted by Crippen LogP contribution is 2.42. The molecule has 0 saturated heterocycles. The molecule has 0 spiro atoms. The molecule has 2 N–H and O–H groups in total. The third-order valence-electron chi connectivity index (χ3n) is 1.41. The molecule has 1 aliphatic carbocycles. The summed E-state index contributed by atoms with van der Waals surface area (Å²) < 4.78 is 4.43. The van der Waals surface area contributed by atoms with E-state index in [9.17, 15) is 0 Å². The first-order chi connectivity index (χ1) is 4.36. The van der Waals surface area contributed by atoms with Gasteiger partial charge in [0.15, 0.2) is 0 Å². The van der Waals surface area contributed by atoms with Crippen molar-refractivity contribution in [2.24, 2.45) is 16.0 Å². The highest BCUT2D eigenvalue weighted by molar-refractivity contribution is 8.27. The molecule has 0 bridgehead atoms. The van der Waals surface area contributed by atoms with Gasteiger partial charge in [0, 0.05) is 17.9 Å². The quantitative estimate of drug-likeness (QED) is 0.590. The standard InChI is InChI=1S/C5H8N2S2/c6-5-8-4(7-9-5)3-1-2-3/h3,5H,1-2,6H2. The molecular formula is C5H8N2S2. The van der Waals surface area contributed by atoms with Crippen molar-refractivity contribution in [1.29, 1.82) is 0 Å². The lowest BCUT2D eigenvalue weighted by atomic mass is 10.5. The van der Waals surface area contributed by atoms with Crippen molar-refractivity contribution < 1.29 is 0 Å². The van der Waals surface area contributed by atoms with Crippen molar-refractivity contribution in [1.82, 2.24) is 0 Å². The summed E-state index contributed by atoms with van der Waals surface area (Å²) in [5, 5.41) is 1.28. The molecule has 0 amide bonds. The summed E-state index contributed by atoms with van der Waals surface area (Å²) in [4.78, 5) is 0. The minimum Gasteiger partial charge on any atom is -0.309 e. The molecule has 0 radical (unpaired) electrons. The first kappa shape index (κ1) is 6.07. The van der Waals surface area contributed by atoms with Crippen LogP contribution in [0.25, 0.3) is 0 Å². The largest absolute Gasteiger partial charge is 0.309 e. The summed E-state index contributed by atoms with van der Waals surface area (Å²) in [7, 11) is 0. The molecule has 50 valence electrons. The SMILES string of the molecule is NC1SN=C(C2CC2)S1. The van der Waals surface area contributed by atoms with Crippen molar-refractivity contribution >= 4 is 28.8 Å². The van der Waals surface area contributed by atoms with Gasteiger partial charge in [0.05, 0.1) is 5.04 Å². The van der Waals surface area contributed by atoms with E-state index in [0.717, 1.165) is 5.92 Å². The molecule has 1 heterocycles. The molecule has 1 fully saturated rings. The molecule has 1 atom stereocenters. The van der Waals surface area contributed by atoms with E-state index in [2.05, 4.69) is 4.40 Å². The van der Waals surface area contributed by atoms with Crippen LogP contribution in [0.1, 0.15) is 12.8 Å². The summed E-state index contributed by atoms with van der Waals surface area (Å²) in [6.45, 7) is 0. The predicted octanol–water partition coefficient (Wildman–Crippen LogP) is 1.43. The van der Waals surface area contributed by atoms with E-state index in [1.165, 1.54) is 29.8 Å². The lowest BCUT2D eigenvalue weighted by molar-refractivity contribution is 1.23. The summed E-state index contributed by atoms with van der Waals surface area (Å²) in [6, 6.07) is 0. The molecule has 1 aliphatic heterocycles. The van der Waals surface area contributed by atoms with Gasteiger partial charge in [-0.15, -0.1) is 0 Å². The van der Waals surface area contributed by atoms with Crippen LogP contribution in [0.5, 0.6) is 0 Å². The van der Waals surface area contributed by atoms with E-state index in [4.69, 9.17) is 5.73 Å². The van der Waals surface area contributed by atoms with E-state index < -0.39 is 0 Å². The maximum absolute atomic E-state index is 5.60. The van der Waals surface area contributed by atoms with E-state index >= 15 is 0 Å². The molecular weight excluding hydrogens is 152 g/mol. The molecule has 0 aromatic heterocycles. The number of hydrogen-bond acceptors (Lipinski definition) is 4. The van der Waals surface area contributed by atoms with Gasteiger partial charge in [-0.25, -0.2) is 4.40 Å². The van der Waals surface area contributed by atoms with Gasteiger partial charge in [0.2, 0.25) is 0 Å². The van der Waals surface area contributed by atoms with Crippen molar-refractivity contribution in [3.63, 3.8) is 0 Å². The van der Waals surface area contributed by atoms with Crippen molar-refractivity contribution in [3.05, 3.63) is 0 Å². The predicted molar refractivity (Wildman–Crippen MR) is 43.3 cm³/mol. The third-order valence-corrected chi connectivity index (χ3v) is 3.48. The monoisotopic (exact) mass is 160 g/mol. The normalized spacial score (nSPS) is 34.8. The van der Waals surface area contributed by atoms with E-state index in [1.807, 2.05) is 0 Å². The minimum atomic E-state index is 0.181. The molecule has 1 saturated carbocycles. The Bertz CT molecular complexity index is 153. The van der Waals surface area contributed by atoms with Crippen LogP contribution in [-0.2, 0) is 0 Å². The fourth-order valence-electron chi connectivity index (χ4n) is 0.767. The van der Waals surface area contributed by atoms with Gasteiger partial charge >= 0.3 is 0 Å². The van der Waals surface area contributed by atoms with E-state index in [1.54, 1.807) is 11.8 Å². The Morgan fingerprint density at radius 3 is 2.78 bits per heavy atom. The smallest absolute Gasteiger partial charge is 0.125 e. The average Bonchev–Trinajstić information content (AvgIpc) is 2.58. The number of hydrogen-bond donors (Lipinski definition) is 1. The van der Waals surface area contributed by atoms with Crippen molar-refractivity contribution in [3.8, 4) is 0 Å². The Morgan fingerprint density at radius 2 is 2.33 bits per heavy atom. The van der Waals surface area contributed by atoms with E-state index in [-0.39, 0.29) is 4.71 Å². The Hall–Kier alpha value is 0.330. The van der Waals surface area contributed by atoms with Crippen LogP contribution in [0.2, 0.25) is 0 Å². The van der Waals surface area contributed by atoms with Gasteiger partial charge in [0.1, 0.15) is 4.71 Å². The van der Waals surface area contributed by atoms with Crippen LogP contribution in [0.3, 0.4) is 0 Å². The summed E-state index contributed by atoms with van der Waals surface area (Å²) in [6.07, 6.45) is 2.66. The van der Waals surface area contributed by atoms with Crippen LogP contribution < -0.4 is 5.73 Å². The maximum Gasteiger partial charge on any atom is 0.125 e. The van der Waals surface area contributed by atoms with Crippen LogP contribution in [0, 0.1) is 5.92 Å². The molecule has 2 nitrogen and oxygen atoms in total. The van der Waals surface area contributed by atoms with Crippen molar-refractivity contribution in [2.45, 2.75) is 17.5 Å². The molecule has 0 aromatic rings. The van der Waals surface area contributed by atoms with Crippen LogP contribution in [0.15, 0.2) is 4.40 Å². The second-order valence-corrected chi connectivity index (χ2v) is 4.66. The third kappa shape index (κ3) is 1.25. The average molecular weight is 160 g/mol. The minimum absolute atomic E-state index is 0.181. The zero-order chi connectivity index (χ0) is 6.27. The van der Waals surface area contributed by atoms with Crippen LogP contribution >= 0.6 is 23.7 Å². The van der Waals surface area contributed by atoms with Gasteiger partial charge < -0.3 is 5.73 Å². The van der Waals surface area contributed by atoms with Gasteiger partial charge in [-0.05, 0) is 12.8 Å². The van der Waals surface area contributed by atoms with Gasteiger partial charge in [-0.3, -0.25) is 0 Å². The fraction of sp³-hybridized carbons (Fsp3) is 0.800. The highest BCUT2D eigenvalue weighted by Gasteiger charge is 2.32. The van der Waals surface area contributed by atoms with Crippen LogP contribution in [0.4, 0.5) is 0 Å². The van der Waals surface area contributed by atoms with Gasteiger partial charge in [0.25, 0.3) is 0 Å².